The van der Waals surface area contributed by atoms with Gasteiger partial charge in [-0.1, -0.05) is 12.1 Å². The molecule has 0 bridgehead atoms. The second-order valence-electron chi connectivity index (χ2n) is 3.47. The maximum Gasteiger partial charge on any atom is 0.339 e. The zero-order valence-corrected chi connectivity index (χ0v) is 9.52. The van der Waals surface area contributed by atoms with Gasteiger partial charge in [0.2, 0.25) is 0 Å². The molecule has 2 aromatic heterocycles. The number of nitrogens with two attached hydrogens (primary N) is 1. The molecule has 0 radical (unpaired) electrons. The minimum atomic E-state index is -0.600. The third kappa shape index (κ3) is 1.68. The molecule has 0 saturated heterocycles. The number of para-hydroxylation sites is 1. The Labute approximate surface area is 101 Å². The molecule has 0 aliphatic heterocycles. The van der Waals surface area contributed by atoms with Crippen molar-refractivity contribution < 1.29 is 4.79 Å². The van der Waals surface area contributed by atoms with Gasteiger partial charge >= 0.3 is 6.03 Å². The summed E-state index contributed by atoms with van der Waals surface area (Å²) < 4.78 is 2.19. The molecule has 3 aromatic rings. The van der Waals surface area contributed by atoms with Gasteiger partial charge in [0.05, 0.1) is 10.2 Å². The minimum Gasteiger partial charge on any atom is -0.350 e. The number of thiazole rings is 1. The van der Waals surface area contributed by atoms with E-state index in [1.54, 1.807) is 6.07 Å². The van der Waals surface area contributed by atoms with Gasteiger partial charge in [-0.25, -0.2) is 9.78 Å². The predicted molar refractivity (Wildman–Crippen MR) is 65.8 cm³/mol. The average molecular weight is 244 g/mol. The summed E-state index contributed by atoms with van der Waals surface area (Å²) in [4.78, 5) is 15.4. The van der Waals surface area contributed by atoms with Crippen molar-refractivity contribution in [2.24, 2.45) is 5.73 Å². The fourth-order valence-electron chi connectivity index (χ4n) is 1.54. The van der Waals surface area contributed by atoms with E-state index in [4.69, 9.17) is 5.73 Å². The molecule has 17 heavy (non-hydrogen) atoms. The van der Waals surface area contributed by atoms with Gasteiger partial charge < -0.3 is 5.73 Å². The van der Waals surface area contributed by atoms with Crippen LogP contribution in [0, 0.1) is 0 Å². The molecular formula is C11H8N4OS. The quantitative estimate of drug-likeness (QED) is 0.712. The minimum absolute atomic E-state index is 0.600. The van der Waals surface area contributed by atoms with Crippen LogP contribution in [-0.4, -0.2) is 20.8 Å². The van der Waals surface area contributed by atoms with Crippen molar-refractivity contribution in [1.29, 1.82) is 0 Å². The van der Waals surface area contributed by atoms with Crippen LogP contribution in [-0.2, 0) is 0 Å². The Morgan fingerprint density at radius 3 is 2.82 bits per heavy atom. The van der Waals surface area contributed by atoms with E-state index in [1.807, 2.05) is 24.3 Å². The highest BCUT2D eigenvalue weighted by Crippen LogP contribution is 2.28. The van der Waals surface area contributed by atoms with E-state index in [2.05, 4.69) is 10.1 Å². The van der Waals surface area contributed by atoms with E-state index < -0.39 is 6.03 Å². The highest BCUT2D eigenvalue weighted by Gasteiger charge is 2.10. The summed E-state index contributed by atoms with van der Waals surface area (Å²) in [6.45, 7) is 0. The van der Waals surface area contributed by atoms with Crippen molar-refractivity contribution in [1.82, 2.24) is 14.8 Å². The molecule has 6 heteroatoms. The van der Waals surface area contributed by atoms with Crippen LogP contribution in [0.1, 0.15) is 0 Å². The summed E-state index contributed by atoms with van der Waals surface area (Å²) in [6.07, 6.45) is 1.53. The van der Waals surface area contributed by atoms with E-state index >= 15 is 0 Å². The van der Waals surface area contributed by atoms with Crippen LogP contribution in [0.4, 0.5) is 4.79 Å². The predicted octanol–water partition coefficient (Wildman–Crippen LogP) is 2.09. The van der Waals surface area contributed by atoms with E-state index in [9.17, 15) is 4.79 Å². The average Bonchev–Trinajstić information content (AvgIpc) is 2.95. The number of hydrogen-bond donors (Lipinski definition) is 1. The van der Waals surface area contributed by atoms with Crippen molar-refractivity contribution in [3.8, 4) is 10.7 Å². The SMILES string of the molecule is NC(=O)n1ccc(-c2nc3ccccc3s2)n1. The molecule has 5 nitrogen and oxygen atoms in total. The Bertz CT molecular complexity index is 667. The van der Waals surface area contributed by atoms with Crippen molar-refractivity contribution in [2.75, 3.05) is 0 Å². The van der Waals surface area contributed by atoms with Gasteiger partial charge in [-0.2, -0.15) is 9.78 Å². The maximum atomic E-state index is 10.9. The number of rotatable bonds is 1. The second-order valence-corrected chi connectivity index (χ2v) is 4.50. The number of primary amides is 1. The number of hydrogen-bond acceptors (Lipinski definition) is 4. The molecule has 0 fully saturated rings. The monoisotopic (exact) mass is 244 g/mol. The zero-order chi connectivity index (χ0) is 11.8. The summed E-state index contributed by atoms with van der Waals surface area (Å²) in [7, 11) is 0. The molecule has 0 unspecified atom stereocenters. The fraction of sp³-hybridized carbons (Fsp3) is 0. The van der Waals surface area contributed by atoms with Gasteiger partial charge in [0.15, 0.2) is 0 Å². The van der Waals surface area contributed by atoms with Gasteiger partial charge in [0.25, 0.3) is 0 Å². The number of aromatic nitrogens is 3. The first-order valence-corrected chi connectivity index (χ1v) is 5.77. The number of benzene rings is 1. The van der Waals surface area contributed by atoms with Crippen molar-refractivity contribution in [2.45, 2.75) is 0 Å². The van der Waals surface area contributed by atoms with Crippen LogP contribution in [0.25, 0.3) is 20.9 Å². The van der Waals surface area contributed by atoms with Gasteiger partial charge in [0, 0.05) is 6.20 Å². The lowest BCUT2D eigenvalue weighted by Crippen LogP contribution is -2.19. The first-order valence-electron chi connectivity index (χ1n) is 4.95. The van der Waals surface area contributed by atoms with Gasteiger partial charge in [-0.3, -0.25) is 0 Å². The van der Waals surface area contributed by atoms with E-state index in [1.165, 1.54) is 17.5 Å². The summed E-state index contributed by atoms with van der Waals surface area (Å²) >= 11 is 1.54. The summed E-state index contributed by atoms with van der Waals surface area (Å²) in [5, 5.41) is 4.85. The highest BCUT2D eigenvalue weighted by molar-refractivity contribution is 7.21. The molecule has 1 aromatic carbocycles. The number of amides is 1. The van der Waals surface area contributed by atoms with Crippen LogP contribution < -0.4 is 5.73 Å². The topological polar surface area (TPSA) is 73.8 Å². The van der Waals surface area contributed by atoms with Crippen LogP contribution in [0.15, 0.2) is 36.5 Å². The third-order valence-electron chi connectivity index (χ3n) is 2.33. The van der Waals surface area contributed by atoms with E-state index in [0.29, 0.717) is 5.69 Å². The van der Waals surface area contributed by atoms with Gasteiger partial charge in [0.1, 0.15) is 10.7 Å². The maximum absolute atomic E-state index is 10.9. The van der Waals surface area contributed by atoms with E-state index in [-0.39, 0.29) is 0 Å². The molecule has 0 atom stereocenters. The summed E-state index contributed by atoms with van der Waals surface area (Å²) in [5.74, 6) is 0. The lowest BCUT2D eigenvalue weighted by atomic mass is 10.3. The number of carbonyl (C=O) groups is 1. The molecule has 0 aliphatic rings. The Kier molecular flexibility index (Phi) is 2.15. The molecule has 2 N–H and O–H groups in total. The molecule has 0 saturated carbocycles. The standard InChI is InChI=1S/C11H8N4OS/c12-11(16)15-6-5-8(14-15)10-13-7-3-1-2-4-9(7)17-10/h1-6H,(H2,12,16). The molecule has 3 rings (SSSR count). The first-order chi connectivity index (χ1) is 8.24. The number of fused-ring (bicyclic) bond motifs is 1. The van der Waals surface area contributed by atoms with Crippen LogP contribution >= 0.6 is 11.3 Å². The summed E-state index contributed by atoms with van der Waals surface area (Å²) in [6, 6.07) is 8.97. The Morgan fingerprint density at radius 1 is 1.29 bits per heavy atom. The van der Waals surface area contributed by atoms with Crippen molar-refractivity contribution in [3.05, 3.63) is 36.5 Å². The normalized spacial score (nSPS) is 10.8. The van der Waals surface area contributed by atoms with Gasteiger partial charge in [-0.15, -0.1) is 11.3 Å². The molecule has 0 aliphatic carbocycles. The van der Waals surface area contributed by atoms with Crippen molar-refractivity contribution in [3.63, 3.8) is 0 Å². The second kappa shape index (κ2) is 3.67. The van der Waals surface area contributed by atoms with Crippen molar-refractivity contribution >= 4 is 27.6 Å². The fourth-order valence-corrected chi connectivity index (χ4v) is 2.47. The summed E-state index contributed by atoms with van der Waals surface area (Å²) in [5.41, 5.74) is 6.71. The molecular weight excluding hydrogens is 236 g/mol. The molecule has 0 spiro atoms. The Hall–Kier alpha value is -2.21. The highest BCUT2D eigenvalue weighted by atomic mass is 32.1. The molecule has 84 valence electrons. The van der Waals surface area contributed by atoms with Crippen LogP contribution in [0.2, 0.25) is 0 Å². The lowest BCUT2D eigenvalue weighted by molar-refractivity contribution is 0.248. The first kappa shape index (κ1) is 9.98. The lowest BCUT2D eigenvalue weighted by Gasteiger charge is -1.90. The molecule has 2 heterocycles. The van der Waals surface area contributed by atoms with Crippen LogP contribution in [0.3, 0.4) is 0 Å². The smallest absolute Gasteiger partial charge is 0.339 e. The third-order valence-corrected chi connectivity index (χ3v) is 3.39. The zero-order valence-electron chi connectivity index (χ0n) is 8.70. The Morgan fingerprint density at radius 2 is 2.12 bits per heavy atom. The largest absolute Gasteiger partial charge is 0.350 e. The van der Waals surface area contributed by atoms with E-state index in [0.717, 1.165) is 19.9 Å². The number of nitrogens with zero attached hydrogens (tertiary/aromatic N) is 3. The number of carbonyl (C=O) groups excluding carboxylic acids is 1. The van der Waals surface area contributed by atoms with Crippen LogP contribution in [0.5, 0.6) is 0 Å². The molecule has 1 amide bonds. The van der Waals surface area contributed by atoms with Gasteiger partial charge in [-0.05, 0) is 18.2 Å². The Balaban J connectivity index is 2.10.